The van der Waals surface area contributed by atoms with E-state index in [9.17, 15) is 9.59 Å². The van der Waals surface area contributed by atoms with E-state index in [2.05, 4.69) is 5.32 Å². The minimum Gasteiger partial charge on any atom is -0.326 e. The molecule has 0 aliphatic rings. The first kappa shape index (κ1) is 17.2. The van der Waals surface area contributed by atoms with Gasteiger partial charge in [-0.2, -0.15) is 0 Å². The Balaban J connectivity index is 1.93. The molecule has 4 nitrogen and oxygen atoms in total. The summed E-state index contributed by atoms with van der Waals surface area (Å²) in [5.74, 6) is -0.127. The number of anilines is 1. The van der Waals surface area contributed by atoms with Gasteiger partial charge < -0.3 is 10.2 Å². The van der Waals surface area contributed by atoms with Crippen LogP contribution in [0.4, 0.5) is 5.69 Å². The molecule has 0 fully saturated rings. The Bertz CT molecular complexity index is 716. The van der Waals surface area contributed by atoms with Gasteiger partial charge in [0.15, 0.2) is 12.3 Å². The van der Waals surface area contributed by atoms with E-state index in [0.717, 1.165) is 10.5 Å². The monoisotopic (exact) mass is 331 g/mol. The van der Waals surface area contributed by atoms with Crippen LogP contribution in [0.3, 0.4) is 0 Å². The highest BCUT2D eigenvalue weighted by Crippen LogP contribution is 2.13. The molecule has 1 atom stereocenters. The lowest BCUT2D eigenvalue weighted by Crippen LogP contribution is -3.08. The quantitative estimate of drug-likeness (QED) is 0.797. The number of carbonyl (C=O) groups is 2. The van der Waals surface area contributed by atoms with Crippen LogP contribution < -0.4 is 10.2 Å². The van der Waals surface area contributed by atoms with E-state index in [1.165, 1.54) is 6.92 Å². The molecule has 2 aromatic carbocycles. The van der Waals surface area contributed by atoms with E-state index in [4.69, 9.17) is 11.6 Å². The molecule has 120 valence electrons. The Kier molecular flexibility index (Phi) is 5.90. The molecule has 0 spiro atoms. The zero-order valence-corrected chi connectivity index (χ0v) is 14.0. The van der Waals surface area contributed by atoms with Gasteiger partial charge >= 0.3 is 0 Å². The zero-order valence-electron chi connectivity index (χ0n) is 13.2. The third kappa shape index (κ3) is 5.20. The highest BCUT2D eigenvalue weighted by molar-refractivity contribution is 6.31. The van der Waals surface area contributed by atoms with Gasteiger partial charge in [-0.3, -0.25) is 9.59 Å². The van der Waals surface area contributed by atoms with Crippen LogP contribution in [-0.2, 0) is 11.3 Å². The van der Waals surface area contributed by atoms with Crippen molar-refractivity contribution in [1.29, 1.82) is 0 Å². The molecular formula is C18H20ClN2O2+. The highest BCUT2D eigenvalue weighted by atomic mass is 35.5. The lowest BCUT2D eigenvalue weighted by Gasteiger charge is -2.15. The third-order valence-corrected chi connectivity index (χ3v) is 3.83. The van der Waals surface area contributed by atoms with Gasteiger partial charge in [0.05, 0.1) is 7.05 Å². The summed E-state index contributed by atoms with van der Waals surface area (Å²) in [6.07, 6.45) is 0. The van der Waals surface area contributed by atoms with Gasteiger partial charge in [0.1, 0.15) is 6.54 Å². The van der Waals surface area contributed by atoms with Crippen molar-refractivity contribution in [2.24, 2.45) is 0 Å². The predicted molar refractivity (Wildman–Crippen MR) is 92.0 cm³/mol. The average molecular weight is 332 g/mol. The molecule has 0 radical (unpaired) electrons. The molecule has 2 rings (SSSR count). The molecule has 5 heteroatoms. The number of quaternary nitrogens is 1. The molecule has 0 aliphatic carbocycles. The van der Waals surface area contributed by atoms with Gasteiger partial charge in [0.2, 0.25) is 0 Å². The molecule has 23 heavy (non-hydrogen) atoms. The number of hydrogen-bond acceptors (Lipinski definition) is 2. The van der Waals surface area contributed by atoms with Gasteiger partial charge in [0, 0.05) is 21.8 Å². The van der Waals surface area contributed by atoms with Gasteiger partial charge in [-0.25, -0.2) is 0 Å². The van der Waals surface area contributed by atoms with Crippen LogP contribution in [0.5, 0.6) is 0 Å². The molecule has 1 unspecified atom stereocenters. The topological polar surface area (TPSA) is 50.6 Å². The van der Waals surface area contributed by atoms with Crippen LogP contribution in [0.25, 0.3) is 0 Å². The Labute approximate surface area is 141 Å². The van der Waals surface area contributed by atoms with Crippen molar-refractivity contribution < 1.29 is 14.5 Å². The SMILES string of the molecule is CC(=O)c1cccc(NC(=O)C[NH+](C)Cc2ccccc2Cl)c1. The van der Waals surface area contributed by atoms with E-state index in [0.29, 0.717) is 29.4 Å². The van der Waals surface area contributed by atoms with Crippen LogP contribution in [-0.4, -0.2) is 25.3 Å². The molecule has 0 saturated carbocycles. The maximum atomic E-state index is 12.1. The normalized spacial score (nSPS) is 11.8. The van der Waals surface area contributed by atoms with E-state index in [1.54, 1.807) is 24.3 Å². The Morgan fingerprint density at radius 1 is 1.13 bits per heavy atom. The summed E-state index contributed by atoms with van der Waals surface area (Å²) >= 11 is 6.14. The molecular weight excluding hydrogens is 312 g/mol. The first-order valence-corrected chi connectivity index (χ1v) is 7.79. The van der Waals surface area contributed by atoms with Crippen LogP contribution >= 0.6 is 11.6 Å². The van der Waals surface area contributed by atoms with Crippen molar-refractivity contribution in [3.05, 3.63) is 64.7 Å². The Morgan fingerprint density at radius 3 is 2.57 bits per heavy atom. The maximum absolute atomic E-state index is 12.1. The first-order chi connectivity index (χ1) is 11.0. The van der Waals surface area contributed by atoms with Crippen molar-refractivity contribution in [3.8, 4) is 0 Å². The summed E-state index contributed by atoms with van der Waals surface area (Å²) in [6.45, 7) is 2.48. The fourth-order valence-corrected chi connectivity index (χ4v) is 2.53. The number of Topliss-reactive ketones (excluding diaryl/α,β-unsaturated/α-hetero) is 1. The maximum Gasteiger partial charge on any atom is 0.279 e. The third-order valence-electron chi connectivity index (χ3n) is 3.47. The van der Waals surface area contributed by atoms with Crippen molar-refractivity contribution >= 4 is 29.0 Å². The van der Waals surface area contributed by atoms with E-state index >= 15 is 0 Å². The van der Waals surface area contributed by atoms with Crippen molar-refractivity contribution in [1.82, 2.24) is 0 Å². The molecule has 0 heterocycles. The fourth-order valence-electron chi connectivity index (χ4n) is 2.32. The van der Waals surface area contributed by atoms with Crippen molar-refractivity contribution in [2.45, 2.75) is 13.5 Å². The summed E-state index contributed by atoms with van der Waals surface area (Å²) in [5.41, 5.74) is 2.23. The molecule has 1 amide bonds. The van der Waals surface area contributed by atoms with Crippen molar-refractivity contribution in [2.75, 3.05) is 18.9 Å². The summed E-state index contributed by atoms with van der Waals surface area (Å²) in [5, 5.41) is 3.53. The Hall–Kier alpha value is -2.17. The molecule has 0 aliphatic heterocycles. The molecule has 2 N–H and O–H groups in total. The van der Waals surface area contributed by atoms with Gasteiger partial charge in [-0.05, 0) is 25.1 Å². The minimum atomic E-state index is -0.102. The lowest BCUT2D eigenvalue weighted by molar-refractivity contribution is -0.885. The van der Waals surface area contributed by atoms with Crippen LogP contribution in [0.2, 0.25) is 5.02 Å². The van der Waals surface area contributed by atoms with Gasteiger partial charge in [-0.1, -0.05) is 41.9 Å². The van der Waals surface area contributed by atoms with Crippen LogP contribution in [0, 0.1) is 0 Å². The van der Waals surface area contributed by atoms with Crippen LogP contribution in [0.15, 0.2) is 48.5 Å². The second-order valence-electron chi connectivity index (χ2n) is 5.59. The Morgan fingerprint density at radius 2 is 1.87 bits per heavy atom. The predicted octanol–water partition coefficient (Wildman–Crippen LogP) is 2.20. The van der Waals surface area contributed by atoms with E-state index in [1.807, 2.05) is 31.3 Å². The van der Waals surface area contributed by atoms with Gasteiger partial charge in [-0.15, -0.1) is 0 Å². The van der Waals surface area contributed by atoms with E-state index in [-0.39, 0.29) is 11.7 Å². The number of ketones is 1. The number of likely N-dealkylation sites (N-methyl/N-ethyl adjacent to an activating group) is 1. The fraction of sp³-hybridized carbons (Fsp3) is 0.222. The second-order valence-corrected chi connectivity index (χ2v) is 5.99. The number of rotatable bonds is 6. The van der Waals surface area contributed by atoms with Gasteiger partial charge in [0.25, 0.3) is 5.91 Å². The molecule has 0 bridgehead atoms. The largest absolute Gasteiger partial charge is 0.326 e. The second kappa shape index (κ2) is 7.90. The number of halogens is 1. The minimum absolute atomic E-state index is 0.0254. The van der Waals surface area contributed by atoms with Crippen molar-refractivity contribution in [3.63, 3.8) is 0 Å². The standard InChI is InChI=1S/C18H19ClN2O2/c1-13(22)14-7-5-8-16(10-14)20-18(23)12-21(2)11-15-6-3-4-9-17(15)19/h3-10H,11-12H2,1-2H3,(H,20,23)/p+1. The highest BCUT2D eigenvalue weighted by Gasteiger charge is 2.12. The molecule has 0 saturated heterocycles. The zero-order chi connectivity index (χ0) is 16.8. The summed E-state index contributed by atoms with van der Waals surface area (Å²) in [6, 6.07) is 14.6. The summed E-state index contributed by atoms with van der Waals surface area (Å²) < 4.78 is 0. The summed E-state index contributed by atoms with van der Waals surface area (Å²) in [4.78, 5) is 24.5. The summed E-state index contributed by atoms with van der Waals surface area (Å²) in [7, 11) is 1.94. The number of benzene rings is 2. The molecule has 2 aromatic rings. The smallest absolute Gasteiger partial charge is 0.279 e. The average Bonchev–Trinajstić information content (AvgIpc) is 2.49. The number of amides is 1. The van der Waals surface area contributed by atoms with Crippen LogP contribution in [0.1, 0.15) is 22.8 Å². The molecule has 0 aromatic heterocycles. The number of carbonyl (C=O) groups excluding carboxylic acids is 2. The first-order valence-electron chi connectivity index (χ1n) is 7.41. The number of hydrogen-bond donors (Lipinski definition) is 2. The van der Waals surface area contributed by atoms with E-state index < -0.39 is 0 Å². The number of nitrogens with one attached hydrogen (secondary N) is 2. The lowest BCUT2D eigenvalue weighted by atomic mass is 10.1.